The van der Waals surface area contributed by atoms with Gasteiger partial charge in [-0.05, 0) is 61.4 Å². The number of hydrogen-bond acceptors (Lipinski definition) is 4. The summed E-state index contributed by atoms with van der Waals surface area (Å²) in [4.78, 5) is 35.9. The summed E-state index contributed by atoms with van der Waals surface area (Å²) in [6.07, 6.45) is 9.94. The van der Waals surface area contributed by atoms with Gasteiger partial charge >= 0.3 is 0 Å². The van der Waals surface area contributed by atoms with Crippen molar-refractivity contribution in [3.05, 3.63) is 76.9 Å². The van der Waals surface area contributed by atoms with Crippen LogP contribution in [0.5, 0.6) is 0 Å². The minimum Gasteiger partial charge on any atom is -0.389 e. The minimum absolute atomic E-state index is 0.0583. The zero-order valence-electron chi connectivity index (χ0n) is 20.3. The van der Waals surface area contributed by atoms with Crippen LogP contribution < -0.4 is 10.6 Å². The lowest BCUT2D eigenvalue weighted by Crippen LogP contribution is -2.26. The highest BCUT2D eigenvalue weighted by atomic mass is 16.3. The molecule has 1 aliphatic carbocycles. The number of aliphatic hydroxyl groups is 1. The Morgan fingerprint density at radius 1 is 0.943 bits per heavy atom. The normalized spacial score (nSPS) is 13.6. The highest BCUT2D eigenvalue weighted by Crippen LogP contribution is 2.24. The molecular weight excluding hydrogens is 440 g/mol. The third-order valence-corrected chi connectivity index (χ3v) is 5.80. The third-order valence-electron chi connectivity index (χ3n) is 5.80. The van der Waals surface area contributed by atoms with Crippen LogP contribution in [0.4, 0.5) is 0 Å². The van der Waals surface area contributed by atoms with Gasteiger partial charge in [0.15, 0.2) is 5.78 Å². The van der Waals surface area contributed by atoms with Gasteiger partial charge in [0.1, 0.15) is 6.61 Å². The molecule has 0 spiro atoms. The smallest absolute Gasteiger partial charge is 0.252 e. The Hall–Kier alpha value is -3.51. The van der Waals surface area contributed by atoms with E-state index in [1.165, 1.54) is 6.08 Å². The van der Waals surface area contributed by atoms with Crippen LogP contribution in [-0.2, 0) is 14.4 Å². The van der Waals surface area contributed by atoms with E-state index < -0.39 is 6.61 Å². The number of ketones is 1. The number of carbonyl (C=O) groups excluding carboxylic acids is 3. The molecule has 0 atom stereocenters. The molecule has 0 bridgehead atoms. The maximum atomic E-state index is 12.9. The number of amides is 2. The summed E-state index contributed by atoms with van der Waals surface area (Å²) in [6, 6.07) is 15.9. The Kier molecular flexibility index (Phi) is 9.99. The summed E-state index contributed by atoms with van der Waals surface area (Å²) in [5, 5.41) is 14.6. The van der Waals surface area contributed by atoms with Crippen molar-refractivity contribution in [2.75, 3.05) is 13.2 Å². The van der Waals surface area contributed by atoms with E-state index in [2.05, 4.69) is 10.6 Å². The second-order valence-electron chi connectivity index (χ2n) is 8.97. The molecule has 6 nitrogen and oxygen atoms in total. The Balaban J connectivity index is 1.54. The molecule has 0 unspecified atom stereocenters. The van der Waals surface area contributed by atoms with E-state index >= 15 is 0 Å². The molecule has 0 aromatic heterocycles. The average molecular weight is 475 g/mol. The SMILES string of the molecule is Cc1ccc(/C(=C\c2ccc(/C=C/C(=O)NCCCCCC(=O)CO)cc2)C(=O)NC2CC2)cc1. The van der Waals surface area contributed by atoms with Crippen LogP contribution in [0.25, 0.3) is 17.7 Å². The van der Waals surface area contributed by atoms with Gasteiger partial charge in [0.05, 0.1) is 0 Å². The van der Waals surface area contributed by atoms with Crippen molar-refractivity contribution in [2.45, 2.75) is 51.5 Å². The van der Waals surface area contributed by atoms with Crippen LogP contribution in [0, 0.1) is 6.92 Å². The lowest BCUT2D eigenvalue weighted by atomic mass is 10.00. The molecule has 1 saturated carbocycles. The lowest BCUT2D eigenvalue weighted by Gasteiger charge is -2.10. The molecule has 184 valence electrons. The van der Waals surface area contributed by atoms with Gasteiger partial charge in [-0.15, -0.1) is 0 Å². The zero-order chi connectivity index (χ0) is 25.0. The summed E-state index contributed by atoms with van der Waals surface area (Å²) in [7, 11) is 0. The Bertz CT molecular complexity index is 1060. The van der Waals surface area contributed by atoms with Crippen molar-refractivity contribution in [2.24, 2.45) is 0 Å². The summed E-state index contributed by atoms with van der Waals surface area (Å²) < 4.78 is 0. The predicted octanol–water partition coefficient (Wildman–Crippen LogP) is 4.07. The molecule has 0 aliphatic heterocycles. The van der Waals surface area contributed by atoms with E-state index in [1.54, 1.807) is 6.08 Å². The van der Waals surface area contributed by atoms with E-state index in [0.717, 1.165) is 54.4 Å². The molecule has 1 aliphatic rings. The van der Waals surface area contributed by atoms with E-state index in [-0.39, 0.29) is 23.6 Å². The van der Waals surface area contributed by atoms with Gasteiger partial charge in [0.2, 0.25) is 5.91 Å². The van der Waals surface area contributed by atoms with Crippen molar-refractivity contribution >= 4 is 35.3 Å². The molecule has 3 rings (SSSR count). The Morgan fingerprint density at radius 2 is 1.63 bits per heavy atom. The fourth-order valence-electron chi connectivity index (χ4n) is 3.52. The topological polar surface area (TPSA) is 95.5 Å². The zero-order valence-corrected chi connectivity index (χ0v) is 20.3. The largest absolute Gasteiger partial charge is 0.389 e. The number of Topliss-reactive ketones (excluding diaryl/α,β-unsaturated/α-hetero) is 1. The predicted molar refractivity (Wildman–Crippen MR) is 139 cm³/mol. The minimum atomic E-state index is -0.400. The van der Waals surface area contributed by atoms with Crippen LogP contribution in [-0.4, -0.2) is 41.9 Å². The molecule has 3 N–H and O–H groups in total. The summed E-state index contributed by atoms with van der Waals surface area (Å²) in [6.45, 7) is 2.17. The molecule has 2 aromatic rings. The van der Waals surface area contributed by atoms with Gasteiger partial charge in [-0.1, -0.05) is 60.5 Å². The fourth-order valence-corrected chi connectivity index (χ4v) is 3.52. The molecule has 0 radical (unpaired) electrons. The van der Waals surface area contributed by atoms with Gasteiger partial charge in [-0.2, -0.15) is 0 Å². The second-order valence-corrected chi connectivity index (χ2v) is 8.97. The first-order chi connectivity index (χ1) is 16.9. The maximum absolute atomic E-state index is 12.9. The molecule has 0 heterocycles. The average Bonchev–Trinajstić information content (AvgIpc) is 3.68. The number of carbonyl (C=O) groups is 3. The number of aliphatic hydroxyl groups excluding tert-OH is 1. The number of hydrogen-bond donors (Lipinski definition) is 3. The first-order valence-electron chi connectivity index (χ1n) is 12.2. The van der Waals surface area contributed by atoms with Crippen molar-refractivity contribution in [1.29, 1.82) is 0 Å². The van der Waals surface area contributed by atoms with Crippen LogP contribution in [0.2, 0.25) is 0 Å². The van der Waals surface area contributed by atoms with Gasteiger partial charge in [-0.3, -0.25) is 14.4 Å². The summed E-state index contributed by atoms with van der Waals surface area (Å²) >= 11 is 0. The number of aryl methyl sites for hydroxylation is 1. The van der Waals surface area contributed by atoms with Gasteiger partial charge in [0, 0.05) is 30.7 Å². The first kappa shape index (κ1) is 26.1. The number of benzene rings is 2. The highest BCUT2D eigenvalue weighted by molar-refractivity contribution is 6.24. The second kappa shape index (κ2) is 13.4. The summed E-state index contributed by atoms with van der Waals surface area (Å²) in [5.41, 5.74) is 4.46. The Morgan fingerprint density at radius 3 is 2.29 bits per heavy atom. The van der Waals surface area contributed by atoms with Crippen LogP contribution in [0.3, 0.4) is 0 Å². The first-order valence-corrected chi connectivity index (χ1v) is 12.2. The number of nitrogens with one attached hydrogen (secondary N) is 2. The third kappa shape index (κ3) is 9.33. The van der Waals surface area contributed by atoms with Crippen molar-refractivity contribution in [1.82, 2.24) is 10.6 Å². The molecule has 0 saturated heterocycles. The van der Waals surface area contributed by atoms with E-state index in [4.69, 9.17) is 5.11 Å². The van der Waals surface area contributed by atoms with E-state index in [1.807, 2.05) is 61.5 Å². The quantitative estimate of drug-likeness (QED) is 0.232. The summed E-state index contributed by atoms with van der Waals surface area (Å²) in [5.74, 6) is -0.373. The molecule has 2 aromatic carbocycles. The molecule has 35 heavy (non-hydrogen) atoms. The monoisotopic (exact) mass is 474 g/mol. The van der Waals surface area contributed by atoms with Crippen molar-refractivity contribution < 1.29 is 19.5 Å². The van der Waals surface area contributed by atoms with Gasteiger partial charge < -0.3 is 15.7 Å². The lowest BCUT2D eigenvalue weighted by molar-refractivity contribution is -0.122. The van der Waals surface area contributed by atoms with Gasteiger partial charge in [0.25, 0.3) is 5.91 Å². The van der Waals surface area contributed by atoms with Crippen LogP contribution in [0.1, 0.15) is 60.8 Å². The van der Waals surface area contributed by atoms with E-state index in [9.17, 15) is 14.4 Å². The van der Waals surface area contributed by atoms with Crippen molar-refractivity contribution in [3.8, 4) is 0 Å². The number of rotatable bonds is 13. The van der Waals surface area contributed by atoms with Crippen LogP contribution >= 0.6 is 0 Å². The molecule has 1 fully saturated rings. The van der Waals surface area contributed by atoms with E-state index in [0.29, 0.717) is 18.5 Å². The number of unbranched alkanes of at least 4 members (excludes halogenated alkanes) is 2. The maximum Gasteiger partial charge on any atom is 0.252 e. The van der Waals surface area contributed by atoms with Crippen LogP contribution in [0.15, 0.2) is 54.6 Å². The Labute approximate surface area is 207 Å². The van der Waals surface area contributed by atoms with Crippen molar-refractivity contribution in [3.63, 3.8) is 0 Å². The highest BCUT2D eigenvalue weighted by Gasteiger charge is 2.25. The van der Waals surface area contributed by atoms with Gasteiger partial charge in [-0.25, -0.2) is 0 Å². The molecule has 2 amide bonds. The standard InChI is InChI=1S/C29H34N2O4/c1-21-6-13-24(14-7-21)27(29(35)31-25-15-16-25)19-23-10-8-22(9-11-23)12-17-28(34)30-18-4-2-3-5-26(33)20-32/h6-14,17,19,25,32H,2-5,15-16,18,20H2,1H3,(H,30,34)(H,31,35)/b17-12+,27-19+. The molecular formula is C29H34N2O4. The fraction of sp³-hybridized carbons (Fsp3) is 0.345. The molecule has 6 heteroatoms.